The lowest BCUT2D eigenvalue weighted by Crippen LogP contribution is -2.17. The van der Waals surface area contributed by atoms with Crippen LogP contribution in [-0.4, -0.2) is 4.57 Å². The molecule has 2 heteroatoms. The summed E-state index contributed by atoms with van der Waals surface area (Å²) in [6.45, 7) is 11.3. The van der Waals surface area contributed by atoms with Gasteiger partial charge in [-0.15, -0.1) is 0 Å². The van der Waals surface area contributed by atoms with Crippen molar-refractivity contribution in [2.24, 2.45) is 0 Å². The Morgan fingerprint density at radius 1 is 0.411 bits per heavy atom. The van der Waals surface area contributed by atoms with Crippen LogP contribution in [0.1, 0.15) is 41.7 Å². The van der Waals surface area contributed by atoms with Gasteiger partial charge < -0.3 is 9.47 Å². The van der Waals surface area contributed by atoms with Gasteiger partial charge in [0, 0.05) is 33.2 Å². The maximum Gasteiger partial charge on any atom is 0.0541 e. The van der Waals surface area contributed by atoms with Gasteiger partial charge in [-0.1, -0.05) is 159 Å². The van der Waals surface area contributed by atoms with E-state index in [9.17, 15) is 0 Å². The molecule has 0 saturated carbocycles. The number of fused-ring (bicyclic) bond motifs is 6. The average Bonchev–Trinajstić information content (AvgIpc) is 3.68. The molecule has 0 saturated heterocycles. The monoisotopic (exact) mass is 722 g/mol. The smallest absolute Gasteiger partial charge is 0.0541 e. The van der Waals surface area contributed by atoms with Crippen LogP contribution in [0.15, 0.2) is 188 Å². The molecule has 0 spiro atoms. The average molecular weight is 723 g/mol. The first-order chi connectivity index (χ1) is 27.3. The third-order valence-electron chi connectivity index (χ3n) is 11.7. The Morgan fingerprint density at radius 2 is 0.964 bits per heavy atom. The van der Waals surface area contributed by atoms with E-state index in [1.54, 1.807) is 0 Å². The van der Waals surface area contributed by atoms with E-state index in [0.29, 0.717) is 0 Å². The lowest BCUT2D eigenvalue weighted by atomic mass is 9.82. The standard InChI is InChI=1S/C47H38N2.C7H8/c1-31-16-8-9-19-36(31)41-28-35(30-46(32(41)2)49-44-24-14-11-21-39(44)40-22-12-15-25-45(40)49)48(33-17-6-5-7-18-33)34-26-27-38-37-20-10-13-23-42(37)47(3,4)43(38)29-34;1-7-5-3-2-4-6-7/h5-30H,1-4H3;2-6H,1H3. The highest BCUT2D eigenvalue weighted by Gasteiger charge is 2.36. The van der Waals surface area contributed by atoms with Crippen LogP contribution in [0.4, 0.5) is 17.1 Å². The Kier molecular flexibility index (Phi) is 8.90. The molecule has 10 rings (SSSR count). The van der Waals surface area contributed by atoms with Crippen LogP contribution < -0.4 is 4.90 Å². The van der Waals surface area contributed by atoms with Crippen molar-refractivity contribution in [3.05, 3.63) is 216 Å². The van der Waals surface area contributed by atoms with Gasteiger partial charge >= 0.3 is 0 Å². The Balaban J connectivity index is 0.000000530. The Labute approximate surface area is 331 Å². The predicted octanol–water partition coefficient (Wildman–Crippen LogP) is 14.8. The number of aryl methyl sites for hydroxylation is 2. The fourth-order valence-electron chi connectivity index (χ4n) is 8.77. The van der Waals surface area contributed by atoms with Crippen molar-refractivity contribution < 1.29 is 0 Å². The van der Waals surface area contributed by atoms with Gasteiger partial charge in [-0.3, -0.25) is 0 Å². The van der Waals surface area contributed by atoms with Gasteiger partial charge in [0.25, 0.3) is 0 Å². The molecule has 8 aromatic carbocycles. The van der Waals surface area contributed by atoms with Gasteiger partial charge in [-0.05, 0) is 114 Å². The molecule has 0 N–H and O–H groups in total. The van der Waals surface area contributed by atoms with Crippen LogP contribution in [0.3, 0.4) is 0 Å². The SMILES string of the molecule is Cc1ccccc1.Cc1ccccc1-c1cc(N(c2ccccc2)c2ccc3c(c2)C(C)(C)c2ccccc2-3)cc(-n2c3ccccc3c3ccccc32)c1C. The molecule has 0 amide bonds. The first-order valence-electron chi connectivity index (χ1n) is 19.6. The highest BCUT2D eigenvalue weighted by Crippen LogP contribution is 2.51. The van der Waals surface area contributed by atoms with Crippen LogP contribution in [0.25, 0.3) is 49.7 Å². The lowest BCUT2D eigenvalue weighted by Gasteiger charge is -2.30. The zero-order valence-electron chi connectivity index (χ0n) is 32.8. The molecule has 0 unspecified atom stereocenters. The largest absolute Gasteiger partial charge is 0.310 e. The topological polar surface area (TPSA) is 8.17 Å². The van der Waals surface area contributed by atoms with E-state index in [-0.39, 0.29) is 5.41 Å². The summed E-state index contributed by atoms with van der Waals surface area (Å²) in [5.41, 5.74) is 18.7. The van der Waals surface area contributed by atoms with Crippen molar-refractivity contribution in [1.29, 1.82) is 0 Å². The molecule has 56 heavy (non-hydrogen) atoms. The van der Waals surface area contributed by atoms with Crippen molar-refractivity contribution in [1.82, 2.24) is 4.57 Å². The van der Waals surface area contributed by atoms with Gasteiger partial charge in [0.1, 0.15) is 0 Å². The van der Waals surface area contributed by atoms with Crippen molar-refractivity contribution >= 4 is 38.9 Å². The fraction of sp³-hybridized carbons (Fsp3) is 0.111. The van der Waals surface area contributed by atoms with Crippen LogP contribution >= 0.6 is 0 Å². The molecular weight excluding hydrogens is 677 g/mol. The quantitative estimate of drug-likeness (QED) is 0.172. The Hall–Kier alpha value is -6.64. The van der Waals surface area contributed by atoms with Crippen molar-refractivity contribution in [3.63, 3.8) is 0 Å². The van der Waals surface area contributed by atoms with E-state index in [1.807, 2.05) is 18.2 Å². The summed E-state index contributed by atoms with van der Waals surface area (Å²) < 4.78 is 2.47. The van der Waals surface area contributed by atoms with Crippen molar-refractivity contribution in [3.8, 4) is 27.9 Å². The third-order valence-corrected chi connectivity index (χ3v) is 11.7. The van der Waals surface area contributed by atoms with Crippen molar-refractivity contribution in [2.75, 3.05) is 4.90 Å². The molecule has 1 aromatic heterocycles. The zero-order valence-corrected chi connectivity index (χ0v) is 32.8. The second-order valence-corrected chi connectivity index (χ2v) is 15.5. The minimum absolute atomic E-state index is 0.0992. The number of benzene rings is 8. The number of rotatable bonds is 5. The van der Waals surface area contributed by atoms with E-state index in [4.69, 9.17) is 0 Å². The molecule has 0 radical (unpaired) electrons. The van der Waals surface area contributed by atoms with E-state index in [2.05, 4.69) is 214 Å². The molecule has 2 nitrogen and oxygen atoms in total. The van der Waals surface area contributed by atoms with Gasteiger partial charge in [-0.25, -0.2) is 0 Å². The summed E-state index contributed by atoms with van der Waals surface area (Å²) in [6, 6.07) is 68.2. The Morgan fingerprint density at radius 3 is 1.61 bits per heavy atom. The first-order valence-corrected chi connectivity index (χ1v) is 19.6. The highest BCUT2D eigenvalue weighted by molar-refractivity contribution is 6.09. The highest BCUT2D eigenvalue weighted by atomic mass is 15.1. The molecule has 1 aliphatic rings. The van der Waals surface area contributed by atoms with Gasteiger partial charge in [0.15, 0.2) is 0 Å². The maximum absolute atomic E-state index is 2.47. The Bertz CT molecular complexity index is 2810. The molecular formula is C54H46N2. The molecule has 1 heterocycles. The van der Waals surface area contributed by atoms with E-state index in [1.165, 1.54) is 77.6 Å². The van der Waals surface area contributed by atoms with E-state index >= 15 is 0 Å². The van der Waals surface area contributed by atoms with Crippen LogP contribution in [0.2, 0.25) is 0 Å². The number of para-hydroxylation sites is 3. The van der Waals surface area contributed by atoms with E-state index < -0.39 is 0 Å². The molecule has 1 aliphatic carbocycles. The van der Waals surface area contributed by atoms with Crippen molar-refractivity contribution in [2.45, 2.75) is 40.0 Å². The second-order valence-electron chi connectivity index (χ2n) is 15.5. The van der Waals surface area contributed by atoms with Crippen LogP contribution in [0, 0.1) is 20.8 Å². The minimum Gasteiger partial charge on any atom is -0.310 e. The number of hydrogen-bond acceptors (Lipinski definition) is 1. The summed E-state index contributed by atoms with van der Waals surface area (Å²) in [7, 11) is 0. The number of nitrogens with zero attached hydrogens (tertiary/aromatic N) is 2. The van der Waals surface area contributed by atoms with Gasteiger partial charge in [0.05, 0.1) is 16.7 Å². The minimum atomic E-state index is -0.0992. The normalized spacial score (nSPS) is 12.5. The maximum atomic E-state index is 2.47. The van der Waals surface area contributed by atoms with Crippen LogP contribution in [-0.2, 0) is 5.41 Å². The zero-order chi connectivity index (χ0) is 38.4. The van der Waals surface area contributed by atoms with Crippen LogP contribution in [0.5, 0.6) is 0 Å². The number of anilines is 3. The summed E-state index contributed by atoms with van der Waals surface area (Å²) in [4.78, 5) is 2.44. The van der Waals surface area contributed by atoms with E-state index in [0.717, 1.165) is 17.1 Å². The first kappa shape index (κ1) is 35.1. The number of aromatic nitrogens is 1. The summed E-state index contributed by atoms with van der Waals surface area (Å²) in [5.74, 6) is 0. The lowest BCUT2D eigenvalue weighted by molar-refractivity contribution is 0.660. The molecule has 0 aliphatic heterocycles. The molecule has 272 valence electrons. The molecule has 0 bridgehead atoms. The molecule has 0 fully saturated rings. The number of hydrogen-bond donors (Lipinski definition) is 0. The molecule has 9 aromatic rings. The van der Waals surface area contributed by atoms with Gasteiger partial charge in [-0.2, -0.15) is 0 Å². The second kappa shape index (κ2) is 14.2. The van der Waals surface area contributed by atoms with Gasteiger partial charge in [0.2, 0.25) is 0 Å². The predicted molar refractivity (Wildman–Crippen MR) is 239 cm³/mol. The third kappa shape index (κ3) is 5.99. The molecule has 0 atom stereocenters. The summed E-state index contributed by atoms with van der Waals surface area (Å²) in [5, 5.41) is 2.53. The fourth-order valence-corrected chi connectivity index (χ4v) is 8.77. The summed E-state index contributed by atoms with van der Waals surface area (Å²) >= 11 is 0. The summed E-state index contributed by atoms with van der Waals surface area (Å²) in [6.07, 6.45) is 0.